The molecule has 2 aliphatic rings. The van der Waals surface area contributed by atoms with Crippen LogP contribution in [0.5, 0.6) is 0 Å². The van der Waals surface area contributed by atoms with Gasteiger partial charge in [0.25, 0.3) is 0 Å². The minimum absolute atomic E-state index is 0.293. The minimum Gasteiger partial charge on any atom is -0.478 e. The maximum atomic E-state index is 12.0. The highest BCUT2D eigenvalue weighted by atomic mass is 16.4. The number of hydrogen-bond donors (Lipinski definition) is 1. The zero-order valence-electron chi connectivity index (χ0n) is 11.4. The molecule has 1 aliphatic carbocycles. The Morgan fingerprint density at radius 1 is 1.10 bits per heavy atom. The monoisotopic (exact) mass is 273 g/mol. The van der Waals surface area contributed by atoms with Crippen molar-refractivity contribution in [3.63, 3.8) is 0 Å². The summed E-state index contributed by atoms with van der Waals surface area (Å²) >= 11 is 0. The fourth-order valence-corrected chi connectivity index (χ4v) is 2.95. The Bertz CT molecular complexity index is 528. The molecule has 1 heterocycles. The molecule has 1 aromatic rings. The van der Waals surface area contributed by atoms with Gasteiger partial charge in [0.1, 0.15) is 0 Å². The fourth-order valence-electron chi connectivity index (χ4n) is 2.95. The van der Waals surface area contributed by atoms with Gasteiger partial charge in [-0.25, -0.2) is 4.79 Å². The summed E-state index contributed by atoms with van der Waals surface area (Å²) in [6, 6.07) is 7.19. The van der Waals surface area contributed by atoms with Gasteiger partial charge in [-0.15, -0.1) is 0 Å². The van der Waals surface area contributed by atoms with Crippen LogP contribution < -0.4 is 0 Å². The molecule has 1 aromatic carbocycles. The number of carboxylic acid groups (broad SMARTS) is 1. The highest BCUT2D eigenvalue weighted by Gasteiger charge is 2.35. The van der Waals surface area contributed by atoms with Crippen LogP contribution in [0, 0.1) is 5.92 Å². The molecule has 1 saturated heterocycles. The lowest BCUT2D eigenvalue weighted by molar-refractivity contribution is -0.133. The zero-order valence-corrected chi connectivity index (χ0v) is 11.4. The fraction of sp³-hybridized carbons (Fsp3) is 0.500. The van der Waals surface area contributed by atoms with Crippen molar-refractivity contribution < 1.29 is 14.7 Å². The second-order valence-electron chi connectivity index (χ2n) is 5.80. The topological polar surface area (TPSA) is 57.6 Å². The second-order valence-corrected chi connectivity index (χ2v) is 5.80. The zero-order chi connectivity index (χ0) is 14.1. The number of carboxylic acids is 1. The maximum Gasteiger partial charge on any atom is 0.335 e. The van der Waals surface area contributed by atoms with E-state index in [0.29, 0.717) is 23.3 Å². The molecule has 3 rings (SSSR count). The van der Waals surface area contributed by atoms with E-state index in [2.05, 4.69) is 0 Å². The number of piperidine rings is 1. The van der Waals surface area contributed by atoms with Crippen molar-refractivity contribution in [1.29, 1.82) is 0 Å². The van der Waals surface area contributed by atoms with E-state index in [-0.39, 0.29) is 0 Å². The van der Waals surface area contributed by atoms with Gasteiger partial charge in [0.05, 0.1) is 5.56 Å². The molecular formula is C16H19NO3. The van der Waals surface area contributed by atoms with E-state index in [9.17, 15) is 9.59 Å². The SMILES string of the molecule is O=C(O)c1cccc(C2CCN(C(=O)C3CC3)CC2)c1. The molecule has 20 heavy (non-hydrogen) atoms. The van der Waals surface area contributed by atoms with E-state index < -0.39 is 5.97 Å². The van der Waals surface area contributed by atoms with Gasteiger partial charge in [-0.1, -0.05) is 12.1 Å². The van der Waals surface area contributed by atoms with Crippen molar-refractivity contribution in [2.75, 3.05) is 13.1 Å². The molecule has 106 valence electrons. The van der Waals surface area contributed by atoms with Gasteiger partial charge >= 0.3 is 5.97 Å². The number of amides is 1. The molecule has 0 aromatic heterocycles. The smallest absolute Gasteiger partial charge is 0.335 e. The van der Waals surface area contributed by atoms with Crippen molar-refractivity contribution in [3.05, 3.63) is 35.4 Å². The summed E-state index contributed by atoms with van der Waals surface area (Å²) in [5.41, 5.74) is 1.43. The average molecular weight is 273 g/mol. The van der Waals surface area contributed by atoms with E-state index in [1.165, 1.54) is 0 Å². The van der Waals surface area contributed by atoms with Gasteiger partial charge in [-0.2, -0.15) is 0 Å². The summed E-state index contributed by atoms with van der Waals surface area (Å²) in [7, 11) is 0. The number of benzene rings is 1. The third kappa shape index (κ3) is 2.69. The van der Waals surface area contributed by atoms with Crippen molar-refractivity contribution in [2.24, 2.45) is 5.92 Å². The molecule has 2 fully saturated rings. The van der Waals surface area contributed by atoms with Crippen LogP contribution >= 0.6 is 0 Å². The van der Waals surface area contributed by atoms with Crippen LogP contribution in [-0.4, -0.2) is 35.0 Å². The number of aromatic carboxylic acids is 1. The van der Waals surface area contributed by atoms with E-state index >= 15 is 0 Å². The predicted molar refractivity (Wildman–Crippen MR) is 74.7 cm³/mol. The van der Waals surface area contributed by atoms with Crippen LogP contribution in [0.25, 0.3) is 0 Å². The lowest BCUT2D eigenvalue weighted by atomic mass is 9.88. The van der Waals surface area contributed by atoms with Crippen molar-refractivity contribution >= 4 is 11.9 Å². The van der Waals surface area contributed by atoms with Gasteiger partial charge in [0.2, 0.25) is 5.91 Å². The Labute approximate surface area is 118 Å². The summed E-state index contributed by atoms with van der Waals surface area (Å²) in [5, 5.41) is 9.04. The largest absolute Gasteiger partial charge is 0.478 e. The van der Waals surface area contributed by atoms with E-state index in [1.54, 1.807) is 18.2 Å². The minimum atomic E-state index is -0.881. The molecule has 0 radical (unpaired) electrons. The average Bonchev–Trinajstić information content (AvgIpc) is 3.31. The van der Waals surface area contributed by atoms with Gasteiger partial charge in [-0.3, -0.25) is 4.79 Å². The maximum absolute atomic E-state index is 12.0. The summed E-state index contributed by atoms with van der Waals surface area (Å²) in [4.78, 5) is 25.0. The molecule has 1 amide bonds. The molecule has 0 spiro atoms. The van der Waals surface area contributed by atoms with Crippen LogP contribution in [0.1, 0.15) is 47.5 Å². The van der Waals surface area contributed by atoms with Crippen molar-refractivity contribution in [2.45, 2.75) is 31.6 Å². The Morgan fingerprint density at radius 3 is 2.40 bits per heavy atom. The lowest BCUT2D eigenvalue weighted by Gasteiger charge is -2.32. The first-order valence-electron chi connectivity index (χ1n) is 7.27. The third-order valence-corrected chi connectivity index (χ3v) is 4.34. The molecule has 1 N–H and O–H groups in total. The van der Waals surface area contributed by atoms with Crippen LogP contribution in [0.2, 0.25) is 0 Å². The summed E-state index contributed by atoms with van der Waals surface area (Å²) in [5.74, 6) is 0.107. The second kappa shape index (κ2) is 5.27. The third-order valence-electron chi connectivity index (χ3n) is 4.34. The van der Waals surface area contributed by atoms with E-state index in [0.717, 1.165) is 44.3 Å². The normalized spacial score (nSPS) is 19.9. The van der Waals surface area contributed by atoms with Gasteiger partial charge in [0, 0.05) is 19.0 Å². The molecule has 4 heteroatoms. The van der Waals surface area contributed by atoms with Crippen LogP contribution in [0.15, 0.2) is 24.3 Å². The summed E-state index contributed by atoms with van der Waals surface area (Å²) < 4.78 is 0. The highest BCUT2D eigenvalue weighted by Crippen LogP contribution is 2.34. The Hall–Kier alpha value is -1.84. The molecule has 1 aliphatic heterocycles. The highest BCUT2D eigenvalue weighted by molar-refractivity contribution is 5.87. The molecular weight excluding hydrogens is 254 g/mol. The number of nitrogens with zero attached hydrogens (tertiary/aromatic N) is 1. The van der Waals surface area contributed by atoms with Crippen LogP contribution in [0.4, 0.5) is 0 Å². The quantitative estimate of drug-likeness (QED) is 0.920. The Balaban J connectivity index is 1.64. The summed E-state index contributed by atoms with van der Waals surface area (Å²) in [6.07, 6.45) is 3.97. The van der Waals surface area contributed by atoms with Gasteiger partial charge in [-0.05, 0) is 49.3 Å². The van der Waals surface area contributed by atoms with Crippen LogP contribution in [-0.2, 0) is 4.79 Å². The first kappa shape index (κ1) is 13.2. The predicted octanol–water partition coefficient (Wildman–Crippen LogP) is 2.50. The van der Waals surface area contributed by atoms with E-state index in [1.807, 2.05) is 11.0 Å². The van der Waals surface area contributed by atoms with E-state index in [4.69, 9.17) is 5.11 Å². The Morgan fingerprint density at radius 2 is 1.80 bits per heavy atom. The Kier molecular flexibility index (Phi) is 3.47. The number of carbonyl (C=O) groups is 2. The molecule has 0 atom stereocenters. The van der Waals surface area contributed by atoms with Crippen molar-refractivity contribution in [3.8, 4) is 0 Å². The first-order valence-corrected chi connectivity index (χ1v) is 7.27. The summed E-state index contributed by atoms with van der Waals surface area (Å²) in [6.45, 7) is 1.61. The number of hydrogen-bond acceptors (Lipinski definition) is 2. The molecule has 4 nitrogen and oxygen atoms in total. The van der Waals surface area contributed by atoms with Gasteiger partial charge in [0.15, 0.2) is 0 Å². The number of carbonyl (C=O) groups excluding carboxylic acids is 1. The van der Waals surface area contributed by atoms with Crippen molar-refractivity contribution in [1.82, 2.24) is 4.90 Å². The standard InChI is InChI=1S/C16H19NO3/c18-15(12-4-5-12)17-8-6-11(7-9-17)13-2-1-3-14(10-13)16(19)20/h1-3,10-12H,4-9H2,(H,19,20). The molecule has 0 unspecified atom stereocenters. The first-order chi connectivity index (χ1) is 9.65. The molecule has 0 bridgehead atoms. The number of rotatable bonds is 3. The number of likely N-dealkylation sites (tertiary alicyclic amines) is 1. The van der Waals surface area contributed by atoms with Gasteiger partial charge < -0.3 is 10.0 Å². The van der Waals surface area contributed by atoms with Crippen LogP contribution in [0.3, 0.4) is 0 Å². The molecule has 1 saturated carbocycles. The lowest BCUT2D eigenvalue weighted by Crippen LogP contribution is -2.38.